The van der Waals surface area contributed by atoms with E-state index in [1.807, 2.05) is 0 Å². The highest BCUT2D eigenvalue weighted by atomic mass is 16.5. The smallest absolute Gasteiger partial charge is 0.306 e. The second-order valence-electron chi connectivity index (χ2n) is 12.1. The minimum atomic E-state index is -1.57. The number of ether oxygens (including phenoxy) is 1. The highest BCUT2D eigenvalue weighted by Gasteiger charge is 2.34. The lowest BCUT2D eigenvalue weighted by atomic mass is 9.97. The minimum Gasteiger partial charge on any atom is -0.461 e. The van der Waals surface area contributed by atoms with Gasteiger partial charge in [-0.1, -0.05) is 38.1 Å². The number of aliphatic hydroxyl groups excluding tert-OH is 1. The molecular weight excluding hydrogens is 702 g/mol. The van der Waals surface area contributed by atoms with Gasteiger partial charge in [-0.2, -0.15) is 5.21 Å². The summed E-state index contributed by atoms with van der Waals surface area (Å²) >= 11 is 0. The van der Waals surface area contributed by atoms with Gasteiger partial charge in [-0.25, -0.2) is 0 Å². The Morgan fingerprint density at radius 1 is 0.849 bits per heavy atom. The van der Waals surface area contributed by atoms with E-state index in [0.29, 0.717) is 6.42 Å². The minimum absolute atomic E-state index is 0.0651. The van der Waals surface area contributed by atoms with Crippen molar-refractivity contribution in [2.45, 2.75) is 110 Å². The zero-order valence-electron chi connectivity index (χ0n) is 30.4. The van der Waals surface area contributed by atoms with Crippen molar-refractivity contribution >= 4 is 53.1 Å². The summed E-state index contributed by atoms with van der Waals surface area (Å²) in [6, 6.07) is -8.35. The number of tetrazole rings is 1. The Morgan fingerprint density at radius 3 is 2.00 bits per heavy atom. The first-order valence-electron chi connectivity index (χ1n) is 16.6. The number of aliphatic hydroxyl groups is 1. The molecule has 22 nitrogen and oxygen atoms in total. The second-order valence-corrected chi connectivity index (χ2v) is 12.1. The molecule has 53 heavy (non-hydrogen) atoms. The van der Waals surface area contributed by atoms with Crippen LogP contribution >= 0.6 is 0 Å². The predicted molar refractivity (Wildman–Crippen MR) is 182 cm³/mol. The summed E-state index contributed by atoms with van der Waals surface area (Å²) in [5.41, 5.74) is 5.38. The predicted octanol–water partition coefficient (Wildman–Crippen LogP) is -4.30. The van der Waals surface area contributed by atoms with Crippen molar-refractivity contribution in [3.8, 4) is 0 Å². The number of nitrogens with one attached hydrogen (secondary N) is 7. The Kier molecular flexibility index (Phi) is 18.9. The zero-order chi connectivity index (χ0) is 40.4. The summed E-state index contributed by atoms with van der Waals surface area (Å²) in [6.07, 6.45) is -0.554. The van der Waals surface area contributed by atoms with Gasteiger partial charge in [0.05, 0.1) is 12.1 Å². The lowest BCUT2D eigenvalue weighted by Crippen LogP contribution is -2.60. The number of Topliss-reactive ketones (excluding diaryl/α,β-unsaturated/α-hetero) is 1. The molecule has 8 atom stereocenters. The number of H-pyrrole nitrogens is 1. The van der Waals surface area contributed by atoms with E-state index in [2.05, 4.69) is 59.1 Å². The quantitative estimate of drug-likeness (QED) is 0.0290. The number of nitrogens with two attached hydrogens (primary N) is 1. The lowest BCUT2D eigenvalue weighted by Gasteiger charge is -2.28. The van der Waals surface area contributed by atoms with E-state index in [-0.39, 0.29) is 31.2 Å². The molecule has 1 heterocycles. The molecule has 1 rings (SSSR count). The Bertz CT molecular complexity index is 1490. The molecule has 0 aliphatic rings. The molecule has 1 aromatic heterocycles. The fourth-order valence-electron chi connectivity index (χ4n) is 4.47. The molecule has 0 bridgehead atoms. The standard InChI is InChI=1S/C31H49N11O11/c1-8-12-53-22(45)11-10-19(26(32)47)36-28(49)20(13-21-39-41-42-40-21)37-31(52)25(46)15(4)33-27(48)16(5)34-30(51)24(17(6)43)38-29(50)23(14(3)9-2)35-18(7)44/h8,14-17,19-20,23-24,43H,1,9-13H2,2-7H3,(H2,32,47)(H,33,48)(H,34,51)(H,35,44)(H,36,49)(H,37,52)(H,38,50)(H,39,40,41,42)/t14-,15-,16-,17+,19-,20-,23-,24-/m0/s1. The van der Waals surface area contributed by atoms with E-state index in [9.17, 15) is 48.3 Å². The average molecular weight is 752 g/mol. The topological polar surface area (TPSA) is 336 Å². The van der Waals surface area contributed by atoms with Crippen molar-refractivity contribution in [3.05, 3.63) is 18.5 Å². The lowest BCUT2D eigenvalue weighted by molar-refractivity contribution is -0.143. The molecule has 0 aliphatic carbocycles. The van der Waals surface area contributed by atoms with E-state index in [0.717, 1.165) is 6.92 Å². The fourth-order valence-corrected chi connectivity index (χ4v) is 4.47. The Balaban J connectivity index is 2.96. The fraction of sp³-hybridized carbons (Fsp3) is 0.613. The molecule has 0 radical (unpaired) electrons. The van der Waals surface area contributed by atoms with Crippen molar-refractivity contribution in [3.63, 3.8) is 0 Å². The van der Waals surface area contributed by atoms with E-state index in [1.165, 1.54) is 26.8 Å². The SMILES string of the molecule is C=CCOC(=O)CC[C@H](NC(=O)[C@H](Cc1nn[nH]n1)NC(=O)C(=O)[C@H](C)NC(=O)[C@H](C)NC(=O)[C@@H](NC(=O)[C@@H](NC(C)=O)[C@@H](C)CC)[C@@H](C)O)C(N)=O. The van der Waals surface area contributed by atoms with Crippen LogP contribution in [0.25, 0.3) is 0 Å². The van der Waals surface area contributed by atoms with Crippen molar-refractivity contribution in [2.24, 2.45) is 11.7 Å². The first-order chi connectivity index (χ1) is 24.8. The largest absolute Gasteiger partial charge is 0.461 e. The number of carbonyl (C=O) groups excluding carboxylic acids is 9. The molecule has 7 amide bonds. The van der Waals surface area contributed by atoms with Crippen LogP contribution in [0.3, 0.4) is 0 Å². The van der Waals surface area contributed by atoms with Crippen LogP contribution in [0, 0.1) is 5.92 Å². The number of esters is 1. The first kappa shape index (κ1) is 45.2. The summed E-state index contributed by atoms with van der Waals surface area (Å²) in [4.78, 5) is 113. The van der Waals surface area contributed by atoms with Gasteiger partial charge in [-0.15, -0.1) is 10.2 Å². The van der Waals surface area contributed by atoms with Crippen LogP contribution in [0.1, 0.15) is 66.6 Å². The third-order valence-corrected chi connectivity index (χ3v) is 7.70. The number of hydrogen-bond acceptors (Lipinski definition) is 14. The van der Waals surface area contributed by atoms with Crippen LogP contribution in [0.5, 0.6) is 0 Å². The summed E-state index contributed by atoms with van der Waals surface area (Å²) < 4.78 is 4.84. The summed E-state index contributed by atoms with van der Waals surface area (Å²) in [6.45, 7) is 11.7. The van der Waals surface area contributed by atoms with Gasteiger partial charge in [0.25, 0.3) is 5.91 Å². The second kappa shape index (κ2) is 22.2. The van der Waals surface area contributed by atoms with Crippen molar-refractivity contribution < 1.29 is 53.0 Å². The van der Waals surface area contributed by atoms with Gasteiger partial charge in [-0.05, 0) is 33.1 Å². The molecule has 0 aromatic carbocycles. The maximum absolute atomic E-state index is 13.2. The average Bonchev–Trinajstić information content (AvgIpc) is 3.61. The van der Waals surface area contributed by atoms with Crippen molar-refractivity contribution in [1.29, 1.82) is 0 Å². The van der Waals surface area contributed by atoms with Gasteiger partial charge in [0.1, 0.15) is 36.8 Å². The highest BCUT2D eigenvalue weighted by molar-refractivity contribution is 6.38. The van der Waals surface area contributed by atoms with Crippen LogP contribution in [-0.2, 0) is 54.3 Å². The molecule has 0 unspecified atom stereocenters. The number of aromatic amines is 1. The summed E-state index contributed by atoms with van der Waals surface area (Å²) in [7, 11) is 0. The Labute approximate surface area is 304 Å². The van der Waals surface area contributed by atoms with Crippen LogP contribution in [-0.4, -0.2) is 128 Å². The van der Waals surface area contributed by atoms with Gasteiger partial charge >= 0.3 is 5.97 Å². The monoisotopic (exact) mass is 751 g/mol. The van der Waals surface area contributed by atoms with Crippen LogP contribution in [0.15, 0.2) is 12.7 Å². The van der Waals surface area contributed by atoms with Crippen molar-refractivity contribution in [1.82, 2.24) is 52.5 Å². The van der Waals surface area contributed by atoms with Gasteiger partial charge in [0.15, 0.2) is 5.82 Å². The maximum atomic E-state index is 13.2. The molecule has 0 fully saturated rings. The first-order valence-corrected chi connectivity index (χ1v) is 16.6. The number of primary amides is 1. The van der Waals surface area contributed by atoms with E-state index < -0.39 is 102 Å². The molecule has 0 spiro atoms. The number of nitrogens with zero attached hydrogens (tertiary/aromatic N) is 3. The molecule has 22 heteroatoms. The molecule has 294 valence electrons. The van der Waals surface area contributed by atoms with Gasteiger partial charge in [0, 0.05) is 19.8 Å². The number of carbonyl (C=O) groups is 9. The van der Waals surface area contributed by atoms with Crippen LogP contribution in [0.2, 0.25) is 0 Å². The number of ketones is 1. The summed E-state index contributed by atoms with van der Waals surface area (Å²) in [5, 5.41) is 37.1. The third kappa shape index (κ3) is 15.5. The number of rotatable bonds is 23. The molecule has 0 saturated carbocycles. The van der Waals surface area contributed by atoms with Crippen LogP contribution < -0.4 is 37.6 Å². The molecule has 10 N–H and O–H groups in total. The highest BCUT2D eigenvalue weighted by Crippen LogP contribution is 2.09. The van der Waals surface area contributed by atoms with Crippen molar-refractivity contribution in [2.75, 3.05) is 6.61 Å². The number of amides is 7. The maximum Gasteiger partial charge on any atom is 0.306 e. The van der Waals surface area contributed by atoms with Gasteiger partial charge < -0.3 is 47.5 Å². The molecule has 0 saturated heterocycles. The van der Waals surface area contributed by atoms with Gasteiger partial charge in [0.2, 0.25) is 41.2 Å². The summed E-state index contributed by atoms with van der Waals surface area (Å²) in [5.74, 6) is -8.76. The molecule has 0 aliphatic heterocycles. The van der Waals surface area contributed by atoms with E-state index >= 15 is 0 Å². The van der Waals surface area contributed by atoms with E-state index in [1.54, 1.807) is 13.8 Å². The molecular formula is C31H49N11O11. The molecule has 1 aromatic rings. The van der Waals surface area contributed by atoms with Gasteiger partial charge in [-0.3, -0.25) is 43.2 Å². The zero-order valence-corrected chi connectivity index (χ0v) is 30.4. The Hall–Kier alpha value is -5.80. The number of hydrogen-bond donors (Lipinski definition) is 9. The normalized spacial score (nSPS) is 15.3. The number of aromatic nitrogens is 4. The van der Waals surface area contributed by atoms with E-state index in [4.69, 9.17) is 10.5 Å². The third-order valence-electron chi connectivity index (χ3n) is 7.70. The Morgan fingerprint density at radius 2 is 1.47 bits per heavy atom. The van der Waals surface area contributed by atoms with Crippen LogP contribution in [0.4, 0.5) is 0 Å².